The summed E-state index contributed by atoms with van der Waals surface area (Å²) in [6, 6.07) is 16.0. The fourth-order valence-electron chi connectivity index (χ4n) is 2.91. The lowest BCUT2D eigenvalue weighted by Gasteiger charge is -2.21. The van der Waals surface area contributed by atoms with E-state index in [-0.39, 0.29) is 5.91 Å². The number of hydrogen-bond donors (Lipinski definition) is 2. The van der Waals surface area contributed by atoms with Gasteiger partial charge in [-0.15, -0.1) is 0 Å². The molecule has 0 radical (unpaired) electrons. The van der Waals surface area contributed by atoms with Gasteiger partial charge < -0.3 is 15.2 Å². The SMILES string of the molecule is CCN(CC)c1ccc(NC(=O)c2cc3ccc(C)cc3[nH]2)cc1. The van der Waals surface area contributed by atoms with Crippen molar-refractivity contribution in [3.8, 4) is 0 Å². The van der Waals surface area contributed by atoms with Crippen molar-refractivity contribution in [1.82, 2.24) is 4.98 Å². The Morgan fingerprint density at radius 2 is 1.75 bits per heavy atom. The predicted octanol–water partition coefficient (Wildman–Crippen LogP) is 4.57. The van der Waals surface area contributed by atoms with E-state index >= 15 is 0 Å². The summed E-state index contributed by atoms with van der Waals surface area (Å²) in [7, 11) is 0. The van der Waals surface area contributed by atoms with Crippen LogP contribution in [-0.4, -0.2) is 24.0 Å². The van der Waals surface area contributed by atoms with Gasteiger partial charge in [-0.1, -0.05) is 12.1 Å². The summed E-state index contributed by atoms with van der Waals surface area (Å²) in [6.45, 7) is 8.25. The maximum absolute atomic E-state index is 12.4. The highest BCUT2D eigenvalue weighted by Crippen LogP contribution is 2.20. The Hall–Kier alpha value is -2.75. The van der Waals surface area contributed by atoms with Crippen molar-refractivity contribution in [2.24, 2.45) is 0 Å². The standard InChI is InChI=1S/C20H23N3O/c1-4-23(5-2)17-10-8-16(9-11-17)21-20(24)19-13-15-7-6-14(3)12-18(15)22-19/h6-13,22H,4-5H2,1-3H3,(H,21,24). The van der Waals surface area contributed by atoms with Gasteiger partial charge in [-0.2, -0.15) is 0 Å². The molecule has 2 aromatic carbocycles. The van der Waals surface area contributed by atoms with Gasteiger partial charge in [0, 0.05) is 35.4 Å². The summed E-state index contributed by atoms with van der Waals surface area (Å²) < 4.78 is 0. The molecule has 4 nitrogen and oxygen atoms in total. The van der Waals surface area contributed by atoms with Gasteiger partial charge in [0.25, 0.3) is 5.91 Å². The fraction of sp³-hybridized carbons (Fsp3) is 0.250. The molecule has 24 heavy (non-hydrogen) atoms. The monoisotopic (exact) mass is 321 g/mol. The van der Waals surface area contributed by atoms with Crippen LogP contribution in [0.2, 0.25) is 0 Å². The van der Waals surface area contributed by atoms with Gasteiger partial charge in [0.15, 0.2) is 0 Å². The van der Waals surface area contributed by atoms with Crippen molar-refractivity contribution in [2.45, 2.75) is 20.8 Å². The highest BCUT2D eigenvalue weighted by atomic mass is 16.1. The molecular formula is C20H23N3O. The van der Waals surface area contributed by atoms with Crippen molar-refractivity contribution in [2.75, 3.05) is 23.3 Å². The van der Waals surface area contributed by atoms with Gasteiger partial charge in [-0.25, -0.2) is 0 Å². The van der Waals surface area contributed by atoms with E-state index in [1.54, 1.807) is 0 Å². The number of nitrogens with one attached hydrogen (secondary N) is 2. The number of fused-ring (bicyclic) bond motifs is 1. The molecular weight excluding hydrogens is 298 g/mol. The minimum Gasteiger partial charge on any atom is -0.372 e. The van der Waals surface area contributed by atoms with Crippen LogP contribution in [0.5, 0.6) is 0 Å². The van der Waals surface area contributed by atoms with E-state index in [1.165, 1.54) is 11.3 Å². The number of amides is 1. The number of hydrogen-bond acceptors (Lipinski definition) is 2. The number of aryl methyl sites for hydroxylation is 1. The smallest absolute Gasteiger partial charge is 0.272 e. The number of carbonyl (C=O) groups is 1. The largest absolute Gasteiger partial charge is 0.372 e. The molecule has 0 unspecified atom stereocenters. The van der Waals surface area contributed by atoms with Crippen molar-refractivity contribution in [3.05, 3.63) is 59.8 Å². The summed E-state index contributed by atoms with van der Waals surface area (Å²) in [6.07, 6.45) is 0. The molecule has 0 aliphatic heterocycles. The first-order valence-corrected chi connectivity index (χ1v) is 8.36. The third-order valence-corrected chi connectivity index (χ3v) is 4.28. The highest BCUT2D eigenvalue weighted by molar-refractivity contribution is 6.06. The van der Waals surface area contributed by atoms with E-state index in [0.717, 1.165) is 29.7 Å². The van der Waals surface area contributed by atoms with Crippen molar-refractivity contribution < 1.29 is 4.79 Å². The number of benzene rings is 2. The van der Waals surface area contributed by atoms with E-state index in [4.69, 9.17) is 0 Å². The Morgan fingerprint density at radius 3 is 2.42 bits per heavy atom. The molecule has 0 saturated carbocycles. The second-order valence-electron chi connectivity index (χ2n) is 5.95. The van der Waals surface area contributed by atoms with E-state index in [9.17, 15) is 4.79 Å². The number of nitrogens with zero attached hydrogens (tertiary/aromatic N) is 1. The molecule has 0 spiro atoms. The number of rotatable bonds is 5. The number of aromatic amines is 1. The lowest BCUT2D eigenvalue weighted by molar-refractivity contribution is 0.102. The van der Waals surface area contributed by atoms with Crippen LogP contribution in [0.25, 0.3) is 10.9 Å². The normalized spacial score (nSPS) is 10.8. The van der Waals surface area contributed by atoms with Crippen LogP contribution in [0, 0.1) is 6.92 Å². The highest BCUT2D eigenvalue weighted by Gasteiger charge is 2.10. The van der Waals surface area contributed by atoms with Gasteiger partial charge in [-0.3, -0.25) is 4.79 Å². The summed E-state index contributed by atoms with van der Waals surface area (Å²) in [5.41, 5.74) is 4.69. The number of anilines is 2. The molecule has 0 fully saturated rings. The summed E-state index contributed by atoms with van der Waals surface area (Å²) in [5, 5.41) is 3.99. The van der Waals surface area contributed by atoms with Crippen LogP contribution in [0.15, 0.2) is 48.5 Å². The van der Waals surface area contributed by atoms with Gasteiger partial charge in [-0.05, 0) is 62.7 Å². The molecule has 0 aliphatic carbocycles. The van der Waals surface area contributed by atoms with E-state index in [0.29, 0.717) is 5.69 Å². The lowest BCUT2D eigenvalue weighted by atomic mass is 10.2. The van der Waals surface area contributed by atoms with Gasteiger partial charge in [0.2, 0.25) is 0 Å². The summed E-state index contributed by atoms with van der Waals surface area (Å²) >= 11 is 0. The number of carbonyl (C=O) groups excluding carboxylic acids is 1. The molecule has 0 atom stereocenters. The van der Waals surface area contributed by atoms with Crippen LogP contribution in [0.3, 0.4) is 0 Å². The minimum atomic E-state index is -0.126. The van der Waals surface area contributed by atoms with Gasteiger partial charge in [0.05, 0.1) is 0 Å². The Balaban J connectivity index is 1.76. The second kappa shape index (κ2) is 6.79. The average molecular weight is 321 g/mol. The molecule has 1 heterocycles. The molecule has 3 aromatic rings. The number of aromatic nitrogens is 1. The van der Waals surface area contributed by atoms with Crippen LogP contribution in [0.1, 0.15) is 29.9 Å². The van der Waals surface area contributed by atoms with Crippen LogP contribution in [0.4, 0.5) is 11.4 Å². The van der Waals surface area contributed by atoms with Crippen LogP contribution in [-0.2, 0) is 0 Å². The Morgan fingerprint density at radius 1 is 1.04 bits per heavy atom. The molecule has 1 amide bonds. The summed E-state index contributed by atoms with van der Waals surface area (Å²) in [4.78, 5) is 17.9. The first-order chi connectivity index (χ1) is 11.6. The number of H-pyrrole nitrogens is 1. The molecule has 0 saturated heterocycles. The average Bonchev–Trinajstić information content (AvgIpc) is 3.00. The second-order valence-corrected chi connectivity index (χ2v) is 5.95. The zero-order chi connectivity index (χ0) is 17.1. The minimum absolute atomic E-state index is 0.126. The van der Waals surface area contributed by atoms with Crippen LogP contribution >= 0.6 is 0 Å². The fourth-order valence-corrected chi connectivity index (χ4v) is 2.91. The lowest BCUT2D eigenvalue weighted by Crippen LogP contribution is -2.21. The van der Waals surface area contributed by atoms with Crippen molar-refractivity contribution in [3.63, 3.8) is 0 Å². The first-order valence-electron chi connectivity index (χ1n) is 8.36. The summed E-state index contributed by atoms with van der Waals surface area (Å²) in [5.74, 6) is -0.126. The van der Waals surface area contributed by atoms with Gasteiger partial charge in [0.1, 0.15) is 5.69 Å². The van der Waals surface area contributed by atoms with Gasteiger partial charge >= 0.3 is 0 Å². The zero-order valence-electron chi connectivity index (χ0n) is 14.4. The molecule has 0 bridgehead atoms. The first kappa shape index (κ1) is 16.1. The molecule has 4 heteroatoms. The molecule has 124 valence electrons. The maximum Gasteiger partial charge on any atom is 0.272 e. The van der Waals surface area contributed by atoms with E-state index in [2.05, 4.69) is 29.0 Å². The predicted molar refractivity (Wildman–Crippen MR) is 101 cm³/mol. The topological polar surface area (TPSA) is 48.1 Å². The third kappa shape index (κ3) is 3.27. The van der Waals surface area contributed by atoms with Crippen molar-refractivity contribution in [1.29, 1.82) is 0 Å². The third-order valence-electron chi connectivity index (χ3n) is 4.28. The molecule has 1 aromatic heterocycles. The quantitative estimate of drug-likeness (QED) is 0.723. The van der Waals surface area contributed by atoms with Crippen LogP contribution < -0.4 is 10.2 Å². The molecule has 2 N–H and O–H groups in total. The molecule has 3 rings (SSSR count). The van der Waals surface area contributed by atoms with E-state index in [1.807, 2.05) is 55.5 Å². The van der Waals surface area contributed by atoms with Crippen molar-refractivity contribution >= 4 is 28.2 Å². The molecule has 0 aliphatic rings. The Labute approximate surface area is 142 Å². The zero-order valence-corrected chi connectivity index (χ0v) is 14.4. The Bertz CT molecular complexity index is 845. The Kier molecular flexibility index (Phi) is 4.56. The van der Waals surface area contributed by atoms with E-state index < -0.39 is 0 Å². The maximum atomic E-state index is 12.4.